The van der Waals surface area contributed by atoms with Gasteiger partial charge in [-0.25, -0.2) is 8.42 Å². The van der Waals surface area contributed by atoms with E-state index in [9.17, 15) is 13.5 Å². The normalized spacial score (nSPS) is 23.2. The van der Waals surface area contributed by atoms with Gasteiger partial charge in [-0.05, 0) is 38.5 Å². The number of sulfonamides is 1. The minimum atomic E-state index is -3.71. The van der Waals surface area contributed by atoms with Gasteiger partial charge in [0.25, 0.3) is 0 Å². The van der Waals surface area contributed by atoms with E-state index in [2.05, 4.69) is 0 Å². The lowest BCUT2D eigenvalue weighted by Crippen LogP contribution is -2.55. The Labute approximate surface area is 130 Å². The molecule has 1 aromatic carbocycles. The summed E-state index contributed by atoms with van der Waals surface area (Å²) in [4.78, 5) is 0.0872. The van der Waals surface area contributed by atoms with E-state index in [4.69, 9.17) is 16.3 Å². The van der Waals surface area contributed by atoms with Gasteiger partial charge in [0.1, 0.15) is 4.90 Å². The van der Waals surface area contributed by atoms with Crippen LogP contribution in [0.4, 0.5) is 0 Å². The minimum absolute atomic E-state index is 0.0872. The molecule has 1 N–H and O–H groups in total. The fourth-order valence-electron chi connectivity index (χ4n) is 2.47. The highest BCUT2D eigenvalue weighted by molar-refractivity contribution is 7.89. The summed E-state index contributed by atoms with van der Waals surface area (Å²) in [6.07, 6.45) is -0.534. The van der Waals surface area contributed by atoms with Crippen molar-refractivity contribution in [2.45, 2.75) is 37.4 Å². The van der Waals surface area contributed by atoms with Gasteiger partial charge in [0.05, 0.1) is 23.3 Å². The van der Waals surface area contributed by atoms with Gasteiger partial charge in [0, 0.05) is 13.1 Å². The maximum Gasteiger partial charge on any atom is 0.244 e. The molecule has 1 aliphatic rings. The quantitative estimate of drug-likeness (QED) is 0.916. The molecule has 0 saturated carbocycles. The fraction of sp³-hybridized carbons (Fsp3) is 0.571. The van der Waals surface area contributed by atoms with Crippen LogP contribution in [0, 0.1) is 6.92 Å². The number of morpholine rings is 1. The Balaban J connectivity index is 2.38. The summed E-state index contributed by atoms with van der Waals surface area (Å²) in [6.45, 7) is 5.56. The lowest BCUT2D eigenvalue weighted by Gasteiger charge is -2.41. The van der Waals surface area contributed by atoms with E-state index in [0.29, 0.717) is 0 Å². The second-order valence-corrected chi connectivity index (χ2v) is 8.23. The third-order valence-corrected chi connectivity index (χ3v) is 5.65. The zero-order chi connectivity index (χ0) is 15.8. The Hall–Kier alpha value is -0.660. The maximum atomic E-state index is 12.8. The Bertz CT molecular complexity index is 630. The highest BCUT2D eigenvalue weighted by Crippen LogP contribution is 2.30. The standard InChI is InChI=1S/C14H20ClNO4S/c1-10-4-5-13(12(15)6-10)21(18,19)16-7-11(8-17)20-14(2,3)9-16/h4-6,11,17H,7-9H2,1-3H3. The van der Waals surface area contributed by atoms with Crippen molar-refractivity contribution in [3.05, 3.63) is 28.8 Å². The summed E-state index contributed by atoms with van der Waals surface area (Å²) in [5.74, 6) is 0. The van der Waals surface area contributed by atoms with Crippen LogP contribution >= 0.6 is 11.6 Å². The lowest BCUT2D eigenvalue weighted by molar-refractivity contribution is -0.131. The lowest BCUT2D eigenvalue weighted by atomic mass is 10.1. The first-order valence-corrected chi connectivity index (χ1v) is 8.52. The summed E-state index contributed by atoms with van der Waals surface area (Å²) in [5, 5.41) is 9.50. The van der Waals surface area contributed by atoms with Crippen molar-refractivity contribution in [2.75, 3.05) is 19.7 Å². The van der Waals surface area contributed by atoms with Gasteiger partial charge in [-0.3, -0.25) is 0 Å². The summed E-state index contributed by atoms with van der Waals surface area (Å²) < 4.78 is 32.5. The summed E-state index contributed by atoms with van der Waals surface area (Å²) in [7, 11) is -3.71. The number of benzene rings is 1. The molecule has 21 heavy (non-hydrogen) atoms. The minimum Gasteiger partial charge on any atom is -0.394 e. The van der Waals surface area contributed by atoms with Crippen molar-refractivity contribution in [1.29, 1.82) is 0 Å². The average molecular weight is 334 g/mol. The van der Waals surface area contributed by atoms with Crippen LogP contribution in [0.25, 0.3) is 0 Å². The van der Waals surface area contributed by atoms with E-state index in [1.807, 2.05) is 6.92 Å². The molecule has 0 bridgehead atoms. The van der Waals surface area contributed by atoms with Gasteiger partial charge < -0.3 is 9.84 Å². The molecule has 1 aromatic rings. The maximum absolute atomic E-state index is 12.8. The third-order valence-electron chi connectivity index (χ3n) is 3.36. The molecule has 5 nitrogen and oxygen atoms in total. The predicted octanol–water partition coefficient (Wildman–Crippen LogP) is 1.81. The number of aliphatic hydroxyl groups excluding tert-OH is 1. The first-order chi connectivity index (χ1) is 9.65. The molecule has 0 spiro atoms. The topological polar surface area (TPSA) is 66.8 Å². The largest absolute Gasteiger partial charge is 0.394 e. The van der Waals surface area contributed by atoms with Crippen LogP contribution in [0.2, 0.25) is 5.02 Å². The first kappa shape index (κ1) is 16.7. The number of hydrogen-bond donors (Lipinski definition) is 1. The van der Waals surface area contributed by atoms with Crippen molar-refractivity contribution < 1.29 is 18.3 Å². The number of ether oxygens (including phenoxy) is 1. The van der Waals surface area contributed by atoms with Crippen LogP contribution in [0.3, 0.4) is 0 Å². The highest BCUT2D eigenvalue weighted by Gasteiger charge is 2.39. The molecular formula is C14H20ClNO4S. The molecule has 0 aromatic heterocycles. The van der Waals surface area contributed by atoms with E-state index in [-0.39, 0.29) is 29.6 Å². The van der Waals surface area contributed by atoms with Crippen LogP contribution < -0.4 is 0 Å². The SMILES string of the molecule is Cc1ccc(S(=O)(=O)N2CC(CO)OC(C)(C)C2)c(Cl)c1. The monoisotopic (exact) mass is 333 g/mol. The molecule has 1 atom stereocenters. The molecule has 0 radical (unpaired) electrons. The average Bonchev–Trinajstić information content (AvgIpc) is 2.36. The molecule has 0 amide bonds. The van der Waals surface area contributed by atoms with E-state index < -0.39 is 21.7 Å². The van der Waals surface area contributed by atoms with Gasteiger partial charge >= 0.3 is 0 Å². The first-order valence-electron chi connectivity index (χ1n) is 6.71. The summed E-state index contributed by atoms with van der Waals surface area (Å²) >= 11 is 6.09. The van der Waals surface area contributed by atoms with Crippen LogP contribution in [-0.2, 0) is 14.8 Å². The van der Waals surface area contributed by atoms with Crippen LogP contribution in [0.1, 0.15) is 19.4 Å². The number of aryl methyl sites for hydroxylation is 1. The van der Waals surface area contributed by atoms with Gasteiger partial charge in [-0.15, -0.1) is 0 Å². The van der Waals surface area contributed by atoms with E-state index in [1.54, 1.807) is 26.0 Å². The van der Waals surface area contributed by atoms with E-state index in [0.717, 1.165) is 5.56 Å². The molecule has 1 heterocycles. The van der Waals surface area contributed by atoms with Crippen molar-refractivity contribution in [3.8, 4) is 0 Å². The van der Waals surface area contributed by atoms with Crippen LogP contribution in [0.15, 0.2) is 23.1 Å². The molecule has 1 unspecified atom stereocenters. The van der Waals surface area contributed by atoms with Crippen molar-refractivity contribution in [2.24, 2.45) is 0 Å². The Kier molecular flexibility index (Phi) is 4.66. The smallest absolute Gasteiger partial charge is 0.244 e. The van der Waals surface area contributed by atoms with Gasteiger partial charge in [-0.2, -0.15) is 4.31 Å². The third kappa shape index (κ3) is 3.57. The molecule has 1 aliphatic heterocycles. The molecule has 1 fully saturated rings. The Morgan fingerprint density at radius 3 is 2.71 bits per heavy atom. The van der Waals surface area contributed by atoms with Gasteiger partial charge in [0.2, 0.25) is 10.0 Å². The van der Waals surface area contributed by atoms with Crippen molar-refractivity contribution >= 4 is 21.6 Å². The second-order valence-electron chi connectivity index (χ2n) is 5.91. The zero-order valence-electron chi connectivity index (χ0n) is 12.3. The molecule has 0 aliphatic carbocycles. The number of rotatable bonds is 3. The molecule has 2 rings (SSSR count). The Morgan fingerprint density at radius 1 is 1.48 bits per heavy atom. The van der Waals surface area contributed by atoms with Crippen molar-refractivity contribution in [3.63, 3.8) is 0 Å². The molecule has 1 saturated heterocycles. The number of nitrogens with zero attached hydrogens (tertiary/aromatic N) is 1. The second kappa shape index (κ2) is 5.85. The van der Waals surface area contributed by atoms with Gasteiger partial charge in [0.15, 0.2) is 0 Å². The van der Waals surface area contributed by atoms with E-state index in [1.165, 1.54) is 10.4 Å². The number of aliphatic hydroxyl groups is 1. The van der Waals surface area contributed by atoms with Crippen LogP contribution in [0.5, 0.6) is 0 Å². The predicted molar refractivity (Wildman–Crippen MR) is 81.0 cm³/mol. The summed E-state index contributed by atoms with van der Waals surface area (Å²) in [6, 6.07) is 4.86. The van der Waals surface area contributed by atoms with Crippen LogP contribution in [-0.4, -0.2) is 49.2 Å². The number of hydrogen-bond acceptors (Lipinski definition) is 4. The molecular weight excluding hydrogens is 314 g/mol. The Morgan fingerprint density at radius 2 is 2.14 bits per heavy atom. The summed E-state index contributed by atoms with van der Waals surface area (Å²) in [5.41, 5.74) is 0.241. The molecule has 7 heteroatoms. The van der Waals surface area contributed by atoms with Crippen molar-refractivity contribution in [1.82, 2.24) is 4.31 Å². The fourth-order valence-corrected chi connectivity index (χ4v) is 4.67. The molecule has 118 valence electrons. The zero-order valence-corrected chi connectivity index (χ0v) is 13.9. The van der Waals surface area contributed by atoms with E-state index >= 15 is 0 Å². The highest BCUT2D eigenvalue weighted by atomic mass is 35.5. The van der Waals surface area contributed by atoms with Gasteiger partial charge in [-0.1, -0.05) is 17.7 Å². The number of halogens is 1.